The van der Waals surface area contributed by atoms with E-state index in [2.05, 4.69) is 53.1 Å². The highest BCUT2D eigenvalue weighted by atomic mass is 35.5. The molecule has 1 amide bonds. The number of amides is 1. The largest absolute Gasteiger partial charge is 0.352 e. The van der Waals surface area contributed by atoms with Gasteiger partial charge in [-0.25, -0.2) is 0 Å². The maximum atomic E-state index is 12.3. The van der Waals surface area contributed by atoms with E-state index in [9.17, 15) is 4.79 Å². The first kappa shape index (κ1) is 17.2. The lowest BCUT2D eigenvalue weighted by Crippen LogP contribution is -2.39. The van der Waals surface area contributed by atoms with Crippen molar-refractivity contribution >= 4 is 29.1 Å². The van der Waals surface area contributed by atoms with Gasteiger partial charge >= 0.3 is 0 Å². The molecule has 2 aliphatic heterocycles. The minimum absolute atomic E-state index is 0. The summed E-state index contributed by atoms with van der Waals surface area (Å²) in [6.07, 6.45) is 5.60. The number of halogens is 1. The lowest BCUT2D eigenvalue weighted by atomic mass is 9.89. The van der Waals surface area contributed by atoms with E-state index in [-0.39, 0.29) is 18.3 Å². The number of nitrogens with one attached hydrogen (secondary N) is 2. The maximum absolute atomic E-state index is 12.3. The zero-order chi connectivity index (χ0) is 15.6. The van der Waals surface area contributed by atoms with E-state index >= 15 is 0 Å². The standard InChI is InChI=1S/C20H24N2O.ClH/c23-20(12-15-10-18-7-8-19(11-15)22-18)21-13-14-5-6-16-3-1-2-4-17(16)9-14;/h1-6,9,15,18-19,22H,7-8,10-13H2,(H,21,23);1H. The summed E-state index contributed by atoms with van der Waals surface area (Å²) in [5.74, 6) is 0.759. The molecule has 2 bridgehead atoms. The van der Waals surface area contributed by atoms with E-state index < -0.39 is 0 Å². The molecule has 2 saturated heterocycles. The molecule has 128 valence electrons. The second kappa shape index (κ2) is 7.54. The molecule has 0 aliphatic carbocycles. The van der Waals surface area contributed by atoms with Gasteiger partial charge in [0.15, 0.2) is 0 Å². The number of hydrogen-bond acceptors (Lipinski definition) is 2. The van der Waals surface area contributed by atoms with E-state index in [4.69, 9.17) is 0 Å². The zero-order valence-electron chi connectivity index (χ0n) is 13.8. The first-order valence-corrected chi connectivity index (χ1v) is 8.77. The topological polar surface area (TPSA) is 41.1 Å². The summed E-state index contributed by atoms with van der Waals surface area (Å²) >= 11 is 0. The Kier molecular flexibility index (Phi) is 5.42. The van der Waals surface area contributed by atoms with Crippen LogP contribution < -0.4 is 10.6 Å². The second-order valence-electron chi connectivity index (χ2n) is 7.14. The number of piperidine rings is 1. The minimum Gasteiger partial charge on any atom is -0.352 e. The summed E-state index contributed by atoms with van der Waals surface area (Å²) in [6, 6.07) is 16.1. The first-order valence-electron chi connectivity index (χ1n) is 8.77. The number of fused-ring (bicyclic) bond motifs is 3. The van der Waals surface area contributed by atoms with Gasteiger partial charge in [-0.15, -0.1) is 12.4 Å². The maximum Gasteiger partial charge on any atom is 0.220 e. The van der Waals surface area contributed by atoms with E-state index in [1.165, 1.54) is 42.0 Å². The summed E-state index contributed by atoms with van der Waals surface area (Å²) in [6.45, 7) is 0.626. The summed E-state index contributed by atoms with van der Waals surface area (Å²) in [5.41, 5.74) is 1.17. The predicted molar refractivity (Wildman–Crippen MR) is 100 cm³/mol. The fourth-order valence-corrected chi connectivity index (χ4v) is 4.23. The van der Waals surface area contributed by atoms with Gasteiger partial charge in [0.05, 0.1) is 0 Å². The molecule has 2 fully saturated rings. The van der Waals surface area contributed by atoms with Crippen LogP contribution in [0.15, 0.2) is 42.5 Å². The van der Waals surface area contributed by atoms with Gasteiger partial charge in [-0.2, -0.15) is 0 Å². The Labute approximate surface area is 149 Å². The molecular formula is C20H25ClN2O. The fourth-order valence-electron chi connectivity index (χ4n) is 4.23. The average molecular weight is 345 g/mol. The van der Waals surface area contributed by atoms with Crippen LogP contribution in [0, 0.1) is 5.92 Å². The molecule has 2 N–H and O–H groups in total. The molecule has 2 aliphatic rings. The third-order valence-corrected chi connectivity index (χ3v) is 5.35. The van der Waals surface area contributed by atoms with Crippen LogP contribution in [0.1, 0.15) is 37.7 Å². The second-order valence-corrected chi connectivity index (χ2v) is 7.14. The van der Waals surface area contributed by atoms with Crippen LogP contribution in [-0.4, -0.2) is 18.0 Å². The molecule has 0 radical (unpaired) electrons. The Balaban J connectivity index is 0.00000169. The third-order valence-electron chi connectivity index (χ3n) is 5.35. The van der Waals surface area contributed by atoms with Gasteiger partial charge in [0.2, 0.25) is 5.91 Å². The van der Waals surface area contributed by atoms with Gasteiger partial charge in [0.25, 0.3) is 0 Å². The molecule has 3 nitrogen and oxygen atoms in total. The Morgan fingerprint density at radius 2 is 1.75 bits per heavy atom. The zero-order valence-corrected chi connectivity index (χ0v) is 14.6. The number of rotatable bonds is 4. The Bertz CT molecular complexity index is 706. The molecule has 2 unspecified atom stereocenters. The van der Waals surface area contributed by atoms with Gasteiger partial charge in [0.1, 0.15) is 0 Å². The number of benzene rings is 2. The van der Waals surface area contributed by atoms with E-state index in [0.717, 1.165) is 0 Å². The van der Waals surface area contributed by atoms with Crippen molar-refractivity contribution in [1.82, 2.24) is 10.6 Å². The normalized spacial score (nSPS) is 25.2. The van der Waals surface area contributed by atoms with Crippen molar-refractivity contribution in [3.63, 3.8) is 0 Å². The van der Waals surface area contributed by atoms with Gasteiger partial charge in [-0.05, 0) is 54.0 Å². The van der Waals surface area contributed by atoms with Crippen LogP contribution in [0.4, 0.5) is 0 Å². The predicted octanol–water partition coefficient (Wildman–Crippen LogP) is 3.80. The van der Waals surface area contributed by atoms with E-state index in [1.54, 1.807) is 0 Å². The molecule has 2 aromatic rings. The lowest BCUT2D eigenvalue weighted by molar-refractivity contribution is -0.122. The van der Waals surface area contributed by atoms with Crippen LogP contribution in [0.5, 0.6) is 0 Å². The quantitative estimate of drug-likeness (QED) is 0.885. The summed E-state index contributed by atoms with van der Waals surface area (Å²) in [7, 11) is 0. The van der Waals surface area contributed by atoms with Crippen molar-refractivity contribution in [2.45, 2.75) is 50.7 Å². The molecule has 4 rings (SSSR count). The fraction of sp³-hybridized carbons (Fsp3) is 0.450. The van der Waals surface area contributed by atoms with E-state index in [1.807, 2.05) is 0 Å². The van der Waals surface area contributed by atoms with Crippen molar-refractivity contribution in [1.29, 1.82) is 0 Å². The van der Waals surface area contributed by atoms with Gasteiger partial charge in [-0.1, -0.05) is 36.4 Å². The van der Waals surface area contributed by atoms with Crippen LogP contribution >= 0.6 is 12.4 Å². The minimum atomic E-state index is 0. The lowest BCUT2D eigenvalue weighted by Gasteiger charge is -2.28. The van der Waals surface area contributed by atoms with Crippen LogP contribution in [0.3, 0.4) is 0 Å². The molecule has 24 heavy (non-hydrogen) atoms. The van der Waals surface area contributed by atoms with Gasteiger partial charge in [0, 0.05) is 25.0 Å². The van der Waals surface area contributed by atoms with Crippen LogP contribution in [-0.2, 0) is 11.3 Å². The number of carbonyl (C=O) groups excluding carboxylic acids is 1. The highest BCUT2D eigenvalue weighted by Gasteiger charge is 2.34. The van der Waals surface area contributed by atoms with Crippen molar-refractivity contribution in [3.8, 4) is 0 Å². The molecule has 0 saturated carbocycles. The first-order chi connectivity index (χ1) is 11.3. The van der Waals surface area contributed by atoms with Crippen LogP contribution in [0.2, 0.25) is 0 Å². The summed E-state index contributed by atoms with van der Waals surface area (Å²) < 4.78 is 0. The van der Waals surface area contributed by atoms with Crippen molar-refractivity contribution in [3.05, 3.63) is 48.0 Å². The summed E-state index contributed by atoms with van der Waals surface area (Å²) in [5, 5.41) is 9.21. The molecular weight excluding hydrogens is 320 g/mol. The molecule has 4 heteroatoms. The molecule has 2 heterocycles. The molecule has 2 atom stereocenters. The van der Waals surface area contributed by atoms with Crippen molar-refractivity contribution < 1.29 is 4.79 Å². The van der Waals surface area contributed by atoms with Crippen molar-refractivity contribution in [2.75, 3.05) is 0 Å². The van der Waals surface area contributed by atoms with Crippen LogP contribution in [0.25, 0.3) is 10.8 Å². The molecule has 0 spiro atoms. The van der Waals surface area contributed by atoms with Gasteiger partial charge in [-0.3, -0.25) is 4.79 Å². The number of hydrogen-bond donors (Lipinski definition) is 2. The summed E-state index contributed by atoms with van der Waals surface area (Å²) in [4.78, 5) is 12.3. The SMILES string of the molecule is Cl.O=C(CC1CC2CCC(C1)N2)NCc1ccc2ccccc2c1. The highest BCUT2D eigenvalue weighted by Crippen LogP contribution is 2.32. The monoisotopic (exact) mass is 344 g/mol. The Hall–Kier alpha value is -1.58. The average Bonchev–Trinajstić information content (AvgIpc) is 2.91. The van der Waals surface area contributed by atoms with Crippen molar-refractivity contribution in [2.24, 2.45) is 5.92 Å². The van der Waals surface area contributed by atoms with E-state index in [0.29, 0.717) is 31.0 Å². The Morgan fingerprint density at radius 3 is 2.50 bits per heavy atom. The Morgan fingerprint density at radius 1 is 1.04 bits per heavy atom. The molecule has 0 aromatic heterocycles. The smallest absolute Gasteiger partial charge is 0.220 e. The van der Waals surface area contributed by atoms with Gasteiger partial charge < -0.3 is 10.6 Å². The molecule has 2 aromatic carbocycles. The number of carbonyl (C=O) groups is 1. The highest BCUT2D eigenvalue weighted by molar-refractivity contribution is 5.85. The third kappa shape index (κ3) is 3.90.